The van der Waals surface area contributed by atoms with Crippen molar-refractivity contribution in [2.45, 2.75) is 4.90 Å². The molecule has 0 saturated carbocycles. The Morgan fingerprint density at radius 3 is 2.64 bits per heavy atom. The van der Waals surface area contributed by atoms with Crippen molar-refractivity contribution in [3.8, 4) is 0 Å². The van der Waals surface area contributed by atoms with E-state index in [4.69, 9.17) is 11.6 Å². The van der Waals surface area contributed by atoms with Gasteiger partial charge in [0.05, 0.1) is 11.6 Å². The van der Waals surface area contributed by atoms with Gasteiger partial charge in [0.25, 0.3) is 0 Å². The molecule has 0 aromatic heterocycles. The number of hydrogen-bond donors (Lipinski definition) is 1. The highest BCUT2D eigenvalue weighted by molar-refractivity contribution is 7.89. The van der Waals surface area contributed by atoms with Crippen LogP contribution >= 0.6 is 11.6 Å². The molecule has 1 aromatic carbocycles. The van der Waals surface area contributed by atoms with Gasteiger partial charge < -0.3 is 10.2 Å². The van der Waals surface area contributed by atoms with Gasteiger partial charge in [0.15, 0.2) is 0 Å². The zero-order valence-electron chi connectivity index (χ0n) is 12.1. The standard InChI is InChI=1S/C13H17ClFN3O3S/c1-17(9-13(19)18-6-4-16-5-7-18)22(20,21)12-3-2-10(15)8-11(12)14/h2-3,8,16H,4-7,9H2,1H3. The van der Waals surface area contributed by atoms with Crippen molar-refractivity contribution in [3.05, 3.63) is 29.0 Å². The van der Waals surface area contributed by atoms with Gasteiger partial charge in [0, 0.05) is 33.2 Å². The summed E-state index contributed by atoms with van der Waals surface area (Å²) < 4.78 is 38.8. The number of sulfonamides is 1. The topological polar surface area (TPSA) is 69.7 Å². The first-order chi connectivity index (χ1) is 10.3. The number of rotatable bonds is 4. The summed E-state index contributed by atoms with van der Waals surface area (Å²) in [5.41, 5.74) is 0. The summed E-state index contributed by atoms with van der Waals surface area (Å²) in [7, 11) is -2.65. The Kier molecular flexibility index (Phi) is 5.38. The van der Waals surface area contributed by atoms with Gasteiger partial charge in [0.2, 0.25) is 15.9 Å². The van der Waals surface area contributed by atoms with E-state index >= 15 is 0 Å². The molecule has 122 valence electrons. The lowest BCUT2D eigenvalue weighted by molar-refractivity contribution is -0.131. The molecule has 0 aliphatic carbocycles. The van der Waals surface area contributed by atoms with Gasteiger partial charge in [-0.3, -0.25) is 4.79 Å². The minimum atomic E-state index is -3.95. The predicted octanol–water partition coefficient (Wildman–Crippen LogP) is 0.531. The number of carbonyl (C=O) groups excluding carboxylic acids is 1. The summed E-state index contributed by atoms with van der Waals surface area (Å²) in [5, 5.41) is 2.91. The van der Waals surface area contributed by atoms with Crippen molar-refractivity contribution in [1.29, 1.82) is 0 Å². The van der Waals surface area contributed by atoms with Crippen molar-refractivity contribution in [3.63, 3.8) is 0 Å². The van der Waals surface area contributed by atoms with Gasteiger partial charge >= 0.3 is 0 Å². The second-order valence-electron chi connectivity index (χ2n) is 4.97. The normalized spacial score (nSPS) is 16.1. The van der Waals surface area contributed by atoms with Crippen LogP contribution in [-0.4, -0.2) is 63.3 Å². The highest BCUT2D eigenvalue weighted by Crippen LogP contribution is 2.24. The molecule has 1 aliphatic heterocycles. The van der Waals surface area contributed by atoms with Gasteiger partial charge in [-0.15, -0.1) is 0 Å². The van der Waals surface area contributed by atoms with Crippen molar-refractivity contribution in [2.24, 2.45) is 0 Å². The molecule has 0 atom stereocenters. The fraction of sp³-hybridized carbons (Fsp3) is 0.462. The number of likely N-dealkylation sites (N-methyl/N-ethyl adjacent to an activating group) is 1. The summed E-state index contributed by atoms with van der Waals surface area (Å²) >= 11 is 5.79. The van der Waals surface area contributed by atoms with E-state index in [1.807, 2.05) is 0 Å². The molecule has 1 saturated heterocycles. The number of nitrogens with one attached hydrogen (secondary N) is 1. The highest BCUT2D eigenvalue weighted by Gasteiger charge is 2.27. The lowest BCUT2D eigenvalue weighted by Gasteiger charge is -2.29. The number of amides is 1. The number of halogens is 2. The highest BCUT2D eigenvalue weighted by atomic mass is 35.5. The molecule has 1 aliphatic rings. The summed E-state index contributed by atoms with van der Waals surface area (Å²) in [4.78, 5) is 13.5. The fourth-order valence-electron chi connectivity index (χ4n) is 2.14. The zero-order valence-corrected chi connectivity index (χ0v) is 13.6. The maximum atomic E-state index is 13.0. The monoisotopic (exact) mass is 349 g/mol. The van der Waals surface area contributed by atoms with Gasteiger partial charge in [-0.2, -0.15) is 4.31 Å². The molecule has 2 rings (SSSR count). The molecule has 0 spiro atoms. The molecule has 22 heavy (non-hydrogen) atoms. The van der Waals surface area contributed by atoms with E-state index < -0.39 is 15.8 Å². The molecule has 1 amide bonds. The quantitative estimate of drug-likeness (QED) is 0.861. The van der Waals surface area contributed by atoms with Crippen LogP contribution in [0.4, 0.5) is 4.39 Å². The molecular weight excluding hydrogens is 333 g/mol. The Morgan fingerprint density at radius 2 is 2.05 bits per heavy atom. The molecular formula is C13H17ClFN3O3S. The van der Waals surface area contributed by atoms with Crippen molar-refractivity contribution < 1.29 is 17.6 Å². The molecule has 9 heteroatoms. The lowest BCUT2D eigenvalue weighted by Crippen LogP contribution is -2.49. The third-order valence-corrected chi connectivity index (χ3v) is 5.70. The van der Waals surface area contributed by atoms with Crippen molar-refractivity contribution in [1.82, 2.24) is 14.5 Å². The Labute approximate surface area is 133 Å². The van der Waals surface area contributed by atoms with E-state index in [9.17, 15) is 17.6 Å². The van der Waals surface area contributed by atoms with Crippen LogP contribution in [0.15, 0.2) is 23.1 Å². The first-order valence-corrected chi connectivity index (χ1v) is 8.54. The van der Waals surface area contributed by atoms with Crippen LogP contribution in [0.1, 0.15) is 0 Å². The van der Waals surface area contributed by atoms with E-state index in [1.165, 1.54) is 7.05 Å². The number of piperazine rings is 1. The number of hydrogen-bond acceptors (Lipinski definition) is 4. The van der Waals surface area contributed by atoms with E-state index in [0.29, 0.717) is 26.2 Å². The maximum Gasteiger partial charge on any atom is 0.244 e. The Hall–Kier alpha value is -1.22. The smallest absolute Gasteiger partial charge is 0.244 e. The molecule has 1 N–H and O–H groups in total. The predicted molar refractivity (Wildman–Crippen MR) is 80.7 cm³/mol. The molecule has 1 heterocycles. The maximum absolute atomic E-state index is 13.0. The Balaban J connectivity index is 2.13. The third kappa shape index (κ3) is 3.75. The summed E-state index contributed by atoms with van der Waals surface area (Å²) in [6.45, 7) is 2.18. The van der Waals surface area contributed by atoms with Crippen LogP contribution in [0.5, 0.6) is 0 Å². The van der Waals surface area contributed by atoms with Gasteiger partial charge in [0.1, 0.15) is 10.7 Å². The van der Waals surface area contributed by atoms with Gasteiger partial charge in [-0.05, 0) is 18.2 Å². The van der Waals surface area contributed by atoms with Crippen LogP contribution in [0.3, 0.4) is 0 Å². The third-order valence-electron chi connectivity index (χ3n) is 3.41. The van der Waals surface area contributed by atoms with E-state index in [0.717, 1.165) is 22.5 Å². The first-order valence-electron chi connectivity index (χ1n) is 6.72. The number of carbonyl (C=O) groups is 1. The molecule has 6 nitrogen and oxygen atoms in total. The summed E-state index contributed by atoms with van der Waals surface area (Å²) in [6, 6.07) is 3.05. The van der Waals surface area contributed by atoms with E-state index in [-0.39, 0.29) is 22.4 Å². The number of nitrogens with zero attached hydrogens (tertiary/aromatic N) is 2. The molecule has 1 fully saturated rings. The average molecular weight is 350 g/mol. The minimum absolute atomic E-state index is 0.207. The van der Waals surface area contributed by atoms with E-state index in [1.54, 1.807) is 4.90 Å². The lowest BCUT2D eigenvalue weighted by atomic mass is 10.3. The van der Waals surface area contributed by atoms with Crippen molar-refractivity contribution in [2.75, 3.05) is 39.8 Å². The minimum Gasteiger partial charge on any atom is -0.339 e. The zero-order chi connectivity index (χ0) is 16.3. The second-order valence-corrected chi connectivity index (χ2v) is 7.39. The molecule has 0 unspecified atom stereocenters. The first kappa shape index (κ1) is 17.1. The fourth-order valence-corrected chi connectivity index (χ4v) is 3.76. The van der Waals surface area contributed by atoms with Crippen LogP contribution in [-0.2, 0) is 14.8 Å². The second kappa shape index (κ2) is 6.91. The van der Waals surface area contributed by atoms with Crippen LogP contribution in [0.2, 0.25) is 5.02 Å². The molecule has 0 bridgehead atoms. The van der Waals surface area contributed by atoms with Gasteiger partial charge in [-0.25, -0.2) is 12.8 Å². The van der Waals surface area contributed by atoms with Gasteiger partial charge in [-0.1, -0.05) is 11.6 Å². The number of benzene rings is 1. The largest absolute Gasteiger partial charge is 0.339 e. The molecule has 0 radical (unpaired) electrons. The van der Waals surface area contributed by atoms with Crippen LogP contribution < -0.4 is 5.32 Å². The van der Waals surface area contributed by atoms with E-state index in [2.05, 4.69) is 5.32 Å². The summed E-state index contributed by atoms with van der Waals surface area (Å²) in [6.07, 6.45) is 0. The van der Waals surface area contributed by atoms with Crippen LogP contribution in [0, 0.1) is 5.82 Å². The van der Waals surface area contributed by atoms with Crippen LogP contribution in [0.25, 0.3) is 0 Å². The Bertz CT molecular complexity index is 662. The Morgan fingerprint density at radius 1 is 1.41 bits per heavy atom. The summed E-state index contributed by atoms with van der Waals surface area (Å²) in [5.74, 6) is -0.894. The SMILES string of the molecule is CN(CC(=O)N1CCNCC1)S(=O)(=O)c1ccc(F)cc1Cl. The average Bonchev–Trinajstić information content (AvgIpc) is 2.47. The van der Waals surface area contributed by atoms with Crippen molar-refractivity contribution >= 4 is 27.5 Å². The molecule has 1 aromatic rings.